The van der Waals surface area contributed by atoms with Crippen molar-refractivity contribution in [2.45, 2.75) is 12.8 Å². The standard InChI is InChI=1S/C12H6N8O8/c21-17(22)5-1-7-11(9(3-5)19(25)26)15-14-8-2-6(18(23)24)4-10(20(27)28)12(8)16(15)13-7/h3-4H,1-2H2. The molecule has 0 amide bonds. The van der Waals surface area contributed by atoms with Crippen LogP contribution < -0.4 is 10.7 Å². The fourth-order valence-corrected chi connectivity index (χ4v) is 3.08. The first-order valence-electron chi connectivity index (χ1n) is 7.42. The molecule has 16 nitrogen and oxygen atoms in total. The Kier molecular flexibility index (Phi) is 3.33. The highest BCUT2D eigenvalue weighted by molar-refractivity contribution is 5.54. The highest BCUT2D eigenvalue weighted by Gasteiger charge is 2.36. The zero-order valence-electron chi connectivity index (χ0n) is 13.4. The summed E-state index contributed by atoms with van der Waals surface area (Å²) < 4.78 is 0. The van der Waals surface area contributed by atoms with Gasteiger partial charge in [0.2, 0.25) is 0 Å². The van der Waals surface area contributed by atoms with Crippen molar-refractivity contribution in [3.8, 4) is 0 Å². The highest BCUT2D eigenvalue weighted by atomic mass is 16.6. The van der Waals surface area contributed by atoms with Gasteiger partial charge < -0.3 is 0 Å². The third-order valence-electron chi connectivity index (χ3n) is 4.21. The van der Waals surface area contributed by atoms with E-state index in [4.69, 9.17) is 0 Å². The Morgan fingerprint density at radius 1 is 0.679 bits per heavy atom. The number of aromatic nitrogens is 4. The molecule has 0 bridgehead atoms. The van der Waals surface area contributed by atoms with E-state index in [1.165, 1.54) is 0 Å². The lowest BCUT2D eigenvalue weighted by molar-refractivity contribution is -0.429. The summed E-state index contributed by atoms with van der Waals surface area (Å²) in [5.41, 5.74) is -2.39. The average Bonchev–Trinajstić information content (AvgIpc) is 3.14. The van der Waals surface area contributed by atoms with E-state index in [0.717, 1.165) is 21.7 Å². The van der Waals surface area contributed by atoms with Gasteiger partial charge in [-0.05, 0) is 0 Å². The molecule has 0 fully saturated rings. The smallest absolute Gasteiger partial charge is 0.259 e. The molecular formula is C12H6N8O8. The molecule has 2 aliphatic heterocycles. The van der Waals surface area contributed by atoms with Crippen molar-refractivity contribution in [1.29, 1.82) is 0 Å². The Hall–Kier alpha value is -4.50. The monoisotopic (exact) mass is 390 g/mol. The zero-order chi connectivity index (χ0) is 20.3. The fraction of sp³-hybridized carbons (Fsp3) is 0.167. The molecule has 0 N–H and O–H groups in total. The van der Waals surface area contributed by atoms with Gasteiger partial charge in [0.05, 0.1) is 44.7 Å². The maximum atomic E-state index is 11.4. The van der Waals surface area contributed by atoms with Gasteiger partial charge in [0.1, 0.15) is 11.4 Å². The zero-order valence-corrected chi connectivity index (χ0v) is 13.4. The number of nitrogens with zero attached hydrogens (tertiary/aromatic N) is 8. The average molecular weight is 390 g/mol. The second kappa shape index (κ2) is 5.50. The van der Waals surface area contributed by atoms with Crippen LogP contribution in [0.15, 0.2) is 23.5 Å². The van der Waals surface area contributed by atoms with Gasteiger partial charge in [0.15, 0.2) is 10.7 Å². The van der Waals surface area contributed by atoms with Crippen LogP contribution in [0.4, 0.5) is 0 Å². The second-order valence-corrected chi connectivity index (χ2v) is 5.79. The molecule has 0 aromatic heterocycles. The van der Waals surface area contributed by atoms with E-state index in [9.17, 15) is 40.5 Å². The molecule has 0 saturated carbocycles. The van der Waals surface area contributed by atoms with Gasteiger partial charge in [-0.3, -0.25) is 40.5 Å². The van der Waals surface area contributed by atoms with Gasteiger partial charge in [-0.2, -0.15) is 10.2 Å². The molecule has 4 rings (SSSR count). The topological polar surface area (TPSA) is 208 Å². The summed E-state index contributed by atoms with van der Waals surface area (Å²) in [4.78, 5) is 43.4. The van der Waals surface area contributed by atoms with Gasteiger partial charge in [-0.25, -0.2) is 0 Å². The van der Waals surface area contributed by atoms with Gasteiger partial charge in [0.25, 0.3) is 11.4 Å². The van der Waals surface area contributed by atoms with Crippen LogP contribution in [-0.4, -0.2) is 39.5 Å². The van der Waals surface area contributed by atoms with E-state index in [1.807, 2.05) is 0 Å². The molecule has 0 atom stereocenters. The first-order valence-corrected chi connectivity index (χ1v) is 7.42. The van der Waals surface area contributed by atoms with Crippen LogP contribution in [0.25, 0.3) is 11.4 Å². The summed E-state index contributed by atoms with van der Waals surface area (Å²) in [5, 5.41) is 52.5. The molecule has 0 aromatic carbocycles. The number of allylic oxidation sites excluding steroid dienone is 2. The first-order chi connectivity index (χ1) is 13.2. The molecule has 0 radical (unpaired) electrons. The summed E-state index contributed by atoms with van der Waals surface area (Å²) in [6, 6.07) is 0. The van der Waals surface area contributed by atoms with E-state index in [1.54, 1.807) is 0 Å². The third kappa shape index (κ3) is 2.24. The minimum atomic E-state index is -0.858. The number of nitro groups is 4. The van der Waals surface area contributed by atoms with Crippen LogP contribution in [0.5, 0.6) is 0 Å². The molecule has 0 unspecified atom stereocenters. The van der Waals surface area contributed by atoms with Crippen LogP contribution in [-0.2, 0) is 12.8 Å². The van der Waals surface area contributed by atoms with Crippen molar-refractivity contribution in [3.05, 3.63) is 86.1 Å². The molecule has 4 aliphatic rings. The number of rotatable bonds is 4. The van der Waals surface area contributed by atoms with Crippen molar-refractivity contribution in [1.82, 2.24) is 19.8 Å². The van der Waals surface area contributed by atoms with Gasteiger partial charge in [-0.1, -0.05) is 0 Å². The Labute approximate surface area is 150 Å². The van der Waals surface area contributed by atoms with Crippen molar-refractivity contribution in [3.63, 3.8) is 0 Å². The van der Waals surface area contributed by atoms with Crippen molar-refractivity contribution in [2.75, 3.05) is 0 Å². The lowest BCUT2D eigenvalue weighted by atomic mass is 10.1. The molecule has 28 heavy (non-hydrogen) atoms. The van der Waals surface area contributed by atoms with Crippen LogP contribution in [0, 0.1) is 40.5 Å². The van der Waals surface area contributed by atoms with E-state index < -0.39 is 42.5 Å². The molecular weight excluding hydrogens is 384 g/mol. The Bertz CT molecular complexity index is 1180. The largest absolute Gasteiger partial charge is 0.305 e. The van der Waals surface area contributed by atoms with Gasteiger partial charge in [-0.15, -0.1) is 9.58 Å². The summed E-state index contributed by atoms with van der Waals surface area (Å²) in [6.07, 6.45) is 0.830. The summed E-state index contributed by atoms with van der Waals surface area (Å²) in [5.74, 6) is 0. The van der Waals surface area contributed by atoms with Crippen LogP contribution >= 0.6 is 0 Å². The Morgan fingerprint density at radius 2 is 1.04 bits per heavy atom. The molecule has 0 aromatic rings. The molecule has 142 valence electrons. The van der Waals surface area contributed by atoms with E-state index in [0.29, 0.717) is 0 Å². The van der Waals surface area contributed by atoms with Crippen LogP contribution in [0.1, 0.15) is 11.4 Å². The molecule has 0 spiro atoms. The summed E-state index contributed by atoms with van der Waals surface area (Å²) >= 11 is 0. The molecule has 2 heterocycles. The normalized spacial score (nSPS) is 15.6. The first kappa shape index (κ1) is 16.9. The minimum Gasteiger partial charge on any atom is -0.259 e. The van der Waals surface area contributed by atoms with Crippen molar-refractivity contribution < 1.29 is 19.7 Å². The van der Waals surface area contributed by atoms with E-state index in [2.05, 4.69) is 10.2 Å². The van der Waals surface area contributed by atoms with Gasteiger partial charge >= 0.3 is 11.4 Å². The van der Waals surface area contributed by atoms with Crippen molar-refractivity contribution >= 4 is 11.4 Å². The quantitative estimate of drug-likeness (QED) is 0.415. The predicted molar refractivity (Wildman–Crippen MR) is 84.1 cm³/mol. The molecule has 0 saturated heterocycles. The van der Waals surface area contributed by atoms with Gasteiger partial charge in [0, 0.05) is 0 Å². The maximum absolute atomic E-state index is 11.4. The molecule has 16 heteroatoms. The highest BCUT2D eigenvalue weighted by Crippen LogP contribution is 2.18. The number of fused-ring (bicyclic) bond motifs is 5. The minimum absolute atomic E-state index is 0.0667. The second-order valence-electron chi connectivity index (χ2n) is 5.79. The third-order valence-corrected chi connectivity index (χ3v) is 4.21. The Balaban J connectivity index is 2.09. The predicted octanol–water partition coefficient (Wildman–Crippen LogP) is -1.97. The van der Waals surface area contributed by atoms with Crippen molar-refractivity contribution in [2.24, 2.45) is 0 Å². The maximum Gasteiger partial charge on any atom is 0.305 e. The SMILES string of the molecule is O=[N+]([O-])C1=CC([N+](=O)[O-])=c2c(nn3c4c(nn2-3)CC([N+](=O)[O-])=CC=4[N+](=O)[O-])C1. The lowest BCUT2D eigenvalue weighted by Crippen LogP contribution is -2.33. The number of hydrogen-bond acceptors (Lipinski definition) is 10. The molecule has 2 aliphatic carbocycles. The van der Waals surface area contributed by atoms with Crippen LogP contribution in [0.2, 0.25) is 0 Å². The fourth-order valence-electron chi connectivity index (χ4n) is 3.08. The Morgan fingerprint density at radius 3 is 1.32 bits per heavy atom. The summed E-state index contributed by atoms with van der Waals surface area (Å²) in [6.45, 7) is 0. The van der Waals surface area contributed by atoms with E-state index >= 15 is 0 Å². The van der Waals surface area contributed by atoms with E-state index in [-0.39, 0.29) is 34.9 Å². The summed E-state index contributed by atoms with van der Waals surface area (Å²) in [7, 11) is 0. The number of hydrogen-bond donors (Lipinski definition) is 0. The lowest BCUT2D eigenvalue weighted by Gasteiger charge is -2.02. The van der Waals surface area contributed by atoms with Crippen LogP contribution in [0.3, 0.4) is 0 Å².